The molecule has 3 aromatic rings. The summed E-state index contributed by atoms with van der Waals surface area (Å²) in [5.74, 6) is 0. The van der Waals surface area contributed by atoms with Gasteiger partial charge in [-0.15, -0.1) is 0 Å². The van der Waals surface area contributed by atoms with Crippen LogP contribution in [-0.2, 0) is 10.0 Å². The molecule has 0 aliphatic heterocycles. The second kappa shape index (κ2) is 7.74. The van der Waals surface area contributed by atoms with E-state index in [1.165, 1.54) is 23.0 Å². The molecule has 7 nitrogen and oxygen atoms in total. The van der Waals surface area contributed by atoms with Crippen LogP contribution in [0.4, 0.5) is 5.69 Å². The molecule has 1 heterocycles. The summed E-state index contributed by atoms with van der Waals surface area (Å²) in [5.41, 5.74) is 4.91. The van der Waals surface area contributed by atoms with Gasteiger partial charge in [-0.25, -0.2) is 18.2 Å². The number of rotatable bonds is 4. The molecular weight excluding hydrogens is 456 g/mol. The van der Waals surface area contributed by atoms with E-state index in [4.69, 9.17) is 5.14 Å². The molecule has 0 fully saturated rings. The summed E-state index contributed by atoms with van der Waals surface area (Å²) in [6, 6.07) is 8.20. The molecule has 1 aromatic heterocycles. The van der Waals surface area contributed by atoms with Gasteiger partial charge in [0.25, 0.3) is 5.56 Å². The summed E-state index contributed by atoms with van der Waals surface area (Å²) in [4.78, 5) is 17.4. The maximum atomic E-state index is 13.0. The molecule has 3 rings (SSSR count). The maximum absolute atomic E-state index is 13.0. The van der Waals surface area contributed by atoms with Crippen molar-refractivity contribution in [1.82, 2.24) is 9.78 Å². The van der Waals surface area contributed by atoms with Gasteiger partial charge in [0.05, 0.1) is 21.8 Å². The first kappa shape index (κ1) is 21.2. The summed E-state index contributed by atoms with van der Waals surface area (Å²) in [6.07, 6.45) is 1.49. The Kier molecular flexibility index (Phi) is 5.66. The van der Waals surface area contributed by atoms with E-state index >= 15 is 0 Å². The Labute approximate surface area is 177 Å². The monoisotopic (exact) mass is 476 g/mol. The minimum absolute atomic E-state index is 0.0233. The van der Waals surface area contributed by atoms with Gasteiger partial charge in [-0.05, 0) is 74.7 Å². The van der Waals surface area contributed by atoms with E-state index in [9.17, 15) is 13.2 Å². The molecule has 0 aliphatic carbocycles. The number of aliphatic imine (C=N–C) groups is 1. The van der Waals surface area contributed by atoms with Crippen molar-refractivity contribution >= 4 is 37.9 Å². The van der Waals surface area contributed by atoms with Gasteiger partial charge >= 0.3 is 0 Å². The molecule has 3 N–H and O–H groups in total. The van der Waals surface area contributed by atoms with Crippen LogP contribution in [0.1, 0.15) is 27.9 Å². The van der Waals surface area contributed by atoms with E-state index in [0.717, 1.165) is 21.3 Å². The summed E-state index contributed by atoms with van der Waals surface area (Å²) < 4.78 is 25.4. The molecule has 0 unspecified atom stereocenters. The summed E-state index contributed by atoms with van der Waals surface area (Å²) in [5, 5.41) is 8.25. The van der Waals surface area contributed by atoms with E-state index in [-0.39, 0.29) is 10.5 Å². The van der Waals surface area contributed by atoms with Crippen molar-refractivity contribution in [1.29, 1.82) is 0 Å². The largest absolute Gasteiger partial charge is 0.295 e. The second-order valence-electron chi connectivity index (χ2n) is 6.86. The number of sulfonamides is 1. The topological polar surface area (TPSA) is 110 Å². The highest BCUT2D eigenvalue weighted by Gasteiger charge is 2.14. The molecular formula is C20H21BrN4O3S. The molecule has 0 radical (unpaired) electrons. The number of hydrogen-bond donors (Lipinski definition) is 2. The lowest BCUT2D eigenvalue weighted by molar-refractivity contribution is 0.597. The Balaban J connectivity index is 2.03. The third kappa shape index (κ3) is 4.12. The summed E-state index contributed by atoms with van der Waals surface area (Å²) >= 11 is 3.50. The molecule has 0 saturated heterocycles. The van der Waals surface area contributed by atoms with Gasteiger partial charge in [-0.2, -0.15) is 0 Å². The van der Waals surface area contributed by atoms with Gasteiger partial charge in [0.2, 0.25) is 10.0 Å². The highest BCUT2D eigenvalue weighted by Crippen LogP contribution is 2.25. The Hall–Kier alpha value is -2.49. The molecule has 0 spiro atoms. The number of benzene rings is 2. The van der Waals surface area contributed by atoms with Gasteiger partial charge < -0.3 is 0 Å². The van der Waals surface area contributed by atoms with Crippen LogP contribution in [-0.4, -0.2) is 24.4 Å². The molecule has 152 valence electrons. The number of nitrogens with two attached hydrogens (primary N) is 1. The highest BCUT2D eigenvalue weighted by molar-refractivity contribution is 9.10. The molecule has 2 aromatic carbocycles. The van der Waals surface area contributed by atoms with Crippen molar-refractivity contribution < 1.29 is 8.42 Å². The van der Waals surface area contributed by atoms with E-state index in [1.54, 1.807) is 19.9 Å². The molecule has 0 saturated carbocycles. The third-order valence-electron chi connectivity index (χ3n) is 4.88. The van der Waals surface area contributed by atoms with Crippen molar-refractivity contribution in [3.63, 3.8) is 0 Å². The highest BCUT2D eigenvalue weighted by atomic mass is 79.9. The minimum atomic E-state index is -3.77. The van der Waals surface area contributed by atoms with Crippen molar-refractivity contribution in [2.45, 2.75) is 32.6 Å². The van der Waals surface area contributed by atoms with Crippen LogP contribution < -0.4 is 10.7 Å². The number of H-pyrrole nitrogens is 1. The molecule has 0 amide bonds. The zero-order valence-corrected chi connectivity index (χ0v) is 18.8. The fourth-order valence-corrected chi connectivity index (χ4v) is 4.01. The SMILES string of the molecule is Cc1cc(S(N)(=O)=O)ccc1N=Cc1c(C)[nH]n(-c2ccc(Br)c(C)c2C)c1=O. The Bertz CT molecular complexity index is 1300. The van der Waals surface area contributed by atoms with Gasteiger partial charge in [0.1, 0.15) is 0 Å². The molecule has 29 heavy (non-hydrogen) atoms. The zero-order chi connectivity index (χ0) is 21.5. The molecule has 9 heteroatoms. The van der Waals surface area contributed by atoms with E-state index < -0.39 is 10.0 Å². The predicted molar refractivity (Wildman–Crippen MR) is 118 cm³/mol. The van der Waals surface area contributed by atoms with E-state index in [2.05, 4.69) is 26.0 Å². The summed E-state index contributed by atoms with van der Waals surface area (Å²) in [7, 11) is -3.77. The fraction of sp³-hybridized carbons (Fsp3) is 0.200. The lowest BCUT2D eigenvalue weighted by Gasteiger charge is -2.10. The first-order chi connectivity index (χ1) is 13.5. The third-order valence-corrected chi connectivity index (χ3v) is 6.65. The van der Waals surface area contributed by atoms with Gasteiger partial charge in [-0.3, -0.25) is 14.9 Å². The van der Waals surface area contributed by atoms with Crippen LogP contribution in [0.15, 0.2) is 49.5 Å². The second-order valence-corrected chi connectivity index (χ2v) is 9.27. The lowest BCUT2D eigenvalue weighted by Crippen LogP contribution is -2.18. The lowest BCUT2D eigenvalue weighted by atomic mass is 10.1. The van der Waals surface area contributed by atoms with Crippen molar-refractivity contribution in [2.24, 2.45) is 10.1 Å². The average Bonchev–Trinajstić information content (AvgIpc) is 2.92. The van der Waals surface area contributed by atoms with Crippen molar-refractivity contribution in [3.05, 3.63) is 73.1 Å². The zero-order valence-electron chi connectivity index (χ0n) is 16.4. The van der Waals surface area contributed by atoms with Crippen LogP contribution in [0, 0.1) is 27.7 Å². The van der Waals surface area contributed by atoms with Crippen molar-refractivity contribution in [3.8, 4) is 5.69 Å². The smallest absolute Gasteiger partial charge is 0.280 e. The average molecular weight is 477 g/mol. The Morgan fingerprint density at radius 3 is 2.41 bits per heavy atom. The predicted octanol–water partition coefficient (Wildman–Crippen LogP) is 3.56. The number of primary sulfonamides is 1. The van der Waals surface area contributed by atoms with Crippen LogP contribution >= 0.6 is 15.9 Å². The summed E-state index contributed by atoms with van der Waals surface area (Å²) in [6.45, 7) is 7.48. The molecule has 0 aliphatic rings. The molecule has 0 atom stereocenters. The number of hydrogen-bond acceptors (Lipinski definition) is 4. The first-order valence-electron chi connectivity index (χ1n) is 8.76. The maximum Gasteiger partial charge on any atom is 0.280 e. The Morgan fingerprint density at radius 1 is 1.10 bits per heavy atom. The van der Waals surface area contributed by atoms with E-state index in [1.807, 2.05) is 26.0 Å². The van der Waals surface area contributed by atoms with Crippen LogP contribution in [0.25, 0.3) is 5.69 Å². The fourth-order valence-electron chi connectivity index (χ4n) is 2.98. The molecule has 0 bridgehead atoms. The van der Waals surface area contributed by atoms with Crippen LogP contribution in [0.2, 0.25) is 0 Å². The van der Waals surface area contributed by atoms with Crippen LogP contribution in [0.3, 0.4) is 0 Å². The van der Waals surface area contributed by atoms with Crippen molar-refractivity contribution in [2.75, 3.05) is 0 Å². The number of nitrogens with one attached hydrogen (secondary N) is 1. The number of halogens is 1. The van der Waals surface area contributed by atoms with E-state index in [0.29, 0.717) is 22.5 Å². The number of nitrogens with zero attached hydrogens (tertiary/aromatic N) is 2. The number of aromatic nitrogens is 2. The standard InChI is InChI=1S/C20H21BrN4O3S/c1-11-9-15(29(22,27)28)5-7-18(11)23-10-16-14(4)24-25(20(16)26)19-8-6-17(21)12(2)13(19)3/h5-10,24H,1-4H3,(H2,22,27,28). The minimum Gasteiger partial charge on any atom is -0.295 e. The van der Waals surface area contributed by atoms with Gasteiger partial charge in [-0.1, -0.05) is 15.9 Å². The normalized spacial score (nSPS) is 12.1. The van der Waals surface area contributed by atoms with Crippen LogP contribution in [0.5, 0.6) is 0 Å². The number of aryl methyl sites for hydroxylation is 2. The quantitative estimate of drug-likeness (QED) is 0.561. The first-order valence-corrected chi connectivity index (χ1v) is 11.1. The van der Waals surface area contributed by atoms with Gasteiger partial charge in [0, 0.05) is 16.4 Å². The Morgan fingerprint density at radius 2 is 1.79 bits per heavy atom. The number of aromatic amines is 1. The van der Waals surface area contributed by atoms with Gasteiger partial charge in [0.15, 0.2) is 0 Å².